The van der Waals surface area contributed by atoms with E-state index in [1.807, 2.05) is 22.6 Å². The zero-order valence-corrected chi connectivity index (χ0v) is 12.7. The Labute approximate surface area is 125 Å². The molecule has 1 aromatic rings. The van der Waals surface area contributed by atoms with Crippen LogP contribution in [0.15, 0.2) is 18.2 Å². The Balaban J connectivity index is 2.10. The van der Waals surface area contributed by atoms with Gasteiger partial charge in [0.2, 0.25) is 0 Å². The quantitative estimate of drug-likeness (QED) is 0.367. The fraction of sp³-hybridized carbons (Fsp3) is 0.538. The first-order valence-electron chi connectivity index (χ1n) is 6.46. The van der Waals surface area contributed by atoms with Crippen molar-refractivity contribution in [3.63, 3.8) is 0 Å². The van der Waals surface area contributed by atoms with Gasteiger partial charge in [-0.15, -0.1) is 0 Å². The van der Waals surface area contributed by atoms with Gasteiger partial charge in [0.1, 0.15) is 0 Å². The smallest absolute Gasteiger partial charge is 0.282 e. The van der Waals surface area contributed by atoms with Gasteiger partial charge in [-0.2, -0.15) is 0 Å². The lowest BCUT2D eigenvalue weighted by atomic mass is 10.1. The van der Waals surface area contributed by atoms with Gasteiger partial charge in [-0.05, 0) is 47.6 Å². The van der Waals surface area contributed by atoms with Gasteiger partial charge >= 0.3 is 0 Å². The zero-order valence-electron chi connectivity index (χ0n) is 10.5. The van der Waals surface area contributed by atoms with Crippen LogP contribution in [-0.2, 0) is 0 Å². The lowest BCUT2D eigenvalue weighted by Crippen LogP contribution is -2.32. The maximum Gasteiger partial charge on any atom is 0.282 e. The Morgan fingerprint density at radius 2 is 2.05 bits per heavy atom. The van der Waals surface area contributed by atoms with Crippen LogP contribution in [0, 0.1) is 13.7 Å². The second-order valence-electron chi connectivity index (χ2n) is 4.88. The maximum absolute atomic E-state index is 10.8. The molecule has 2 unspecified atom stereocenters. The van der Waals surface area contributed by atoms with Crippen LogP contribution in [0.3, 0.4) is 0 Å². The Morgan fingerprint density at radius 3 is 2.74 bits per heavy atom. The van der Waals surface area contributed by atoms with Crippen LogP contribution < -0.4 is 5.32 Å². The molecule has 1 saturated carbocycles. The number of nitrogens with one attached hydrogen (secondary N) is 1. The van der Waals surface area contributed by atoms with Crippen LogP contribution in [0.25, 0.3) is 0 Å². The van der Waals surface area contributed by atoms with Crippen molar-refractivity contribution in [2.45, 2.75) is 44.2 Å². The summed E-state index contributed by atoms with van der Waals surface area (Å²) < 4.78 is 0.607. The average molecular weight is 376 g/mol. The molecule has 0 saturated heterocycles. The summed E-state index contributed by atoms with van der Waals surface area (Å²) >= 11 is 1.96. The van der Waals surface area contributed by atoms with Crippen LogP contribution >= 0.6 is 22.6 Å². The van der Waals surface area contributed by atoms with E-state index in [9.17, 15) is 15.2 Å². The van der Waals surface area contributed by atoms with Gasteiger partial charge in [0, 0.05) is 11.8 Å². The Morgan fingerprint density at radius 1 is 1.32 bits per heavy atom. The second-order valence-corrected chi connectivity index (χ2v) is 6.04. The van der Waals surface area contributed by atoms with E-state index >= 15 is 0 Å². The predicted molar refractivity (Wildman–Crippen MR) is 82.3 cm³/mol. The van der Waals surface area contributed by atoms with E-state index < -0.39 is 0 Å². The molecule has 1 aliphatic rings. The third-order valence-corrected chi connectivity index (χ3v) is 4.34. The molecule has 5 nitrogen and oxygen atoms in total. The highest BCUT2D eigenvalue weighted by Crippen LogP contribution is 2.26. The number of anilines is 1. The van der Waals surface area contributed by atoms with Crippen molar-refractivity contribution in [1.29, 1.82) is 0 Å². The summed E-state index contributed by atoms with van der Waals surface area (Å²) in [7, 11) is 0. The van der Waals surface area contributed by atoms with Crippen molar-refractivity contribution < 1.29 is 10.0 Å². The molecule has 1 fully saturated rings. The zero-order chi connectivity index (χ0) is 13.8. The molecule has 1 aromatic carbocycles. The summed E-state index contributed by atoms with van der Waals surface area (Å²) in [6.45, 7) is 0. The first-order chi connectivity index (χ1) is 9.08. The summed E-state index contributed by atoms with van der Waals surface area (Å²) in [5.41, 5.74) is 0.952. The van der Waals surface area contributed by atoms with Crippen LogP contribution in [0.4, 0.5) is 11.4 Å². The fourth-order valence-electron chi connectivity index (χ4n) is 2.42. The molecule has 0 aliphatic heterocycles. The van der Waals surface area contributed by atoms with Crippen LogP contribution in [0.1, 0.15) is 32.1 Å². The number of nitrogens with zero attached hydrogens (tertiary/aromatic N) is 1. The molecule has 0 aromatic heterocycles. The molecule has 2 atom stereocenters. The van der Waals surface area contributed by atoms with Crippen molar-refractivity contribution in [3.05, 3.63) is 31.9 Å². The molecule has 0 spiro atoms. The van der Waals surface area contributed by atoms with Gasteiger partial charge in [0.15, 0.2) is 0 Å². The van der Waals surface area contributed by atoms with E-state index in [4.69, 9.17) is 0 Å². The molecule has 0 amide bonds. The average Bonchev–Trinajstić information content (AvgIpc) is 2.55. The van der Waals surface area contributed by atoms with Gasteiger partial charge in [-0.25, -0.2) is 0 Å². The van der Waals surface area contributed by atoms with Gasteiger partial charge < -0.3 is 10.4 Å². The molecule has 104 valence electrons. The first kappa shape index (κ1) is 14.5. The second kappa shape index (κ2) is 6.51. The minimum absolute atomic E-state index is 0.0414. The molecular formula is C13H17IN2O3. The van der Waals surface area contributed by atoms with Crippen LogP contribution in [0.2, 0.25) is 0 Å². The van der Waals surface area contributed by atoms with Gasteiger partial charge in [-0.3, -0.25) is 10.1 Å². The Kier molecular flexibility index (Phi) is 4.98. The number of nitro groups is 1. The fourth-order valence-corrected chi connectivity index (χ4v) is 3.13. The normalized spacial score (nSPS) is 23.7. The van der Waals surface area contributed by atoms with Crippen molar-refractivity contribution in [1.82, 2.24) is 0 Å². The number of halogens is 1. The highest BCUT2D eigenvalue weighted by Gasteiger charge is 2.22. The van der Waals surface area contributed by atoms with E-state index in [0.29, 0.717) is 3.57 Å². The molecular weight excluding hydrogens is 359 g/mol. The number of benzene rings is 1. The monoisotopic (exact) mass is 376 g/mol. The Bertz CT molecular complexity index is 467. The van der Waals surface area contributed by atoms with Crippen molar-refractivity contribution in [2.75, 3.05) is 5.32 Å². The lowest BCUT2D eigenvalue weighted by molar-refractivity contribution is -0.385. The minimum Gasteiger partial charge on any atom is -0.391 e. The van der Waals surface area contributed by atoms with E-state index in [2.05, 4.69) is 5.32 Å². The SMILES string of the molecule is O=[N+]([O-])c1ccc(NC2CCCCCC2O)cc1I. The number of nitro benzene ring substituents is 1. The number of hydrogen-bond donors (Lipinski definition) is 2. The first-order valence-corrected chi connectivity index (χ1v) is 7.54. The van der Waals surface area contributed by atoms with Gasteiger partial charge in [0.05, 0.1) is 20.6 Å². The van der Waals surface area contributed by atoms with Gasteiger partial charge in [-0.1, -0.05) is 19.3 Å². The summed E-state index contributed by atoms with van der Waals surface area (Å²) in [5, 5.41) is 24.1. The summed E-state index contributed by atoms with van der Waals surface area (Å²) in [6, 6.07) is 5.02. The largest absolute Gasteiger partial charge is 0.391 e. The summed E-state index contributed by atoms with van der Waals surface area (Å²) in [6.07, 6.45) is 4.76. The molecule has 0 heterocycles. The lowest BCUT2D eigenvalue weighted by Gasteiger charge is -2.23. The van der Waals surface area contributed by atoms with E-state index in [-0.39, 0.29) is 22.8 Å². The third kappa shape index (κ3) is 3.79. The predicted octanol–water partition coefficient (Wildman–Crippen LogP) is 3.30. The third-order valence-electron chi connectivity index (χ3n) is 3.48. The topological polar surface area (TPSA) is 75.4 Å². The molecule has 0 radical (unpaired) electrons. The summed E-state index contributed by atoms with van der Waals surface area (Å²) in [5.74, 6) is 0. The minimum atomic E-state index is -0.383. The molecule has 0 bridgehead atoms. The van der Waals surface area contributed by atoms with Gasteiger partial charge in [0.25, 0.3) is 5.69 Å². The van der Waals surface area contributed by atoms with E-state index in [1.54, 1.807) is 12.1 Å². The highest BCUT2D eigenvalue weighted by molar-refractivity contribution is 14.1. The summed E-state index contributed by atoms with van der Waals surface area (Å²) in [4.78, 5) is 10.4. The molecule has 6 heteroatoms. The van der Waals surface area contributed by atoms with Crippen molar-refractivity contribution >= 4 is 34.0 Å². The number of aliphatic hydroxyl groups excluding tert-OH is 1. The number of hydrogen-bond acceptors (Lipinski definition) is 4. The van der Waals surface area contributed by atoms with Crippen molar-refractivity contribution in [2.24, 2.45) is 0 Å². The maximum atomic E-state index is 10.8. The molecule has 2 rings (SSSR count). The standard InChI is InChI=1S/C13H17IN2O3/c14-10-8-9(6-7-12(10)16(18)19)15-11-4-2-1-3-5-13(11)17/h6-8,11,13,15,17H,1-5H2. The highest BCUT2D eigenvalue weighted by atomic mass is 127. The molecule has 2 N–H and O–H groups in total. The van der Waals surface area contributed by atoms with Crippen LogP contribution in [0.5, 0.6) is 0 Å². The molecule has 1 aliphatic carbocycles. The van der Waals surface area contributed by atoms with Crippen molar-refractivity contribution in [3.8, 4) is 0 Å². The molecule has 19 heavy (non-hydrogen) atoms. The van der Waals surface area contributed by atoms with Crippen LogP contribution in [-0.4, -0.2) is 22.2 Å². The van der Waals surface area contributed by atoms with E-state index in [0.717, 1.165) is 37.8 Å². The number of rotatable bonds is 3. The van der Waals surface area contributed by atoms with E-state index in [1.165, 1.54) is 6.07 Å². The number of aliphatic hydroxyl groups is 1. The Hall–Kier alpha value is -0.890.